The molecule has 1 amide bonds. The van der Waals surface area contributed by atoms with Gasteiger partial charge < -0.3 is 9.26 Å². The second-order valence-corrected chi connectivity index (χ2v) is 6.35. The first-order chi connectivity index (χ1) is 12.5. The number of amides is 1. The van der Waals surface area contributed by atoms with E-state index in [9.17, 15) is 9.59 Å². The Kier molecular flexibility index (Phi) is 5.37. The van der Waals surface area contributed by atoms with Gasteiger partial charge in [-0.05, 0) is 26.0 Å². The van der Waals surface area contributed by atoms with E-state index in [2.05, 4.69) is 20.4 Å². The minimum absolute atomic E-state index is 0.0254. The quantitative estimate of drug-likeness (QED) is 0.663. The molecule has 0 aliphatic carbocycles. The fourth-order valence-corrected chi connectivity index (χ4v) is 2.88. The number of aryl methyl sites for hydroxylation is 1. The van der Waals surface area contributed by atoms with E-state index in [1.54, 1.807) is 24.6 Å². The third-order valence-corrected chi connectivity index (χ3v) is 4.23. The first kappa shape index (κ1) is 17.7. The summed E-state index contributed by atoms with van der Waals surface area (Å²) in [7, 11) is 0. The summed E-state index contributed by atoms with van der Waals surface area (Å²) in [6.45, 7) is 3.21. The summed E-state index contributed by atoms with van der Waals surface area (Å²) in [4.78, 5) is 32.6. The lowest BCUT2D eigenvalue weighted by atomic mass is 10.3. The van der Waals surface area contributed by atoms with Crippen LogP contribution in [0.3, 0.4) is 0 Å². The Morgan fingerprint density at radius 3 is 2.92 bits per heavy atom. The number of thiazole rings is 1. The highest BCUT2D eigenvalue weighted by atomic mass is 32.1. The number of esters is 1. The molecule has 0 radical (unpaired) electrons. The van der Waals surface area contributed by atoms with Crippen molar-refractivity contribution in [1.29, 1.82) is 0 Å². The van der Waals surface area contributed by atoms with Crippen molar-refractivity contribution in [3.05, 3.63) is 47.2 Å². The van der Waals surface area contributed by atoms with E-state index in [0.29, 0.717) is 11.4 Å². The number of nitrogens with one attached hydrogen (secondary N) is 1. The first-order valence-corrected chi connectivity index (χ1v) is 8.68. The average molecular weight is 372 g/mol. The molecule has 3 aromatic heterocycles. The number of ether oxygens (including phenoxy) is 1. The highest BCUT2D eigenvalue weighted by Gasteiger charge is 2.20. The van der Waals surface area contributed by atoms with Crippen LogP contribution in [0.25, 0.3) is 10.7 Å². The molecule has 0 bridgehead atoms. The second kappa shape index (κ2) is 7.87. The van der Waals surface area contributed by atoms with Crippen LogP contribution in [0.4, 0.5) is 5.88 Å². The van der Waals surface area contributed by atoms with Crippen molar-refractivity contribution >= 4 is 29.1 Å². The topological polar surface area (TPSA) is 107 Å². The highest BCUT2D eigenvalue weighted by Crippen LogP contribution is 2.21. The van der Waals surface area contributed by atoms with Gasteiger partial charge in [0.25, 0.3) is 5.91 Å². The molecule has 3 rings (SSSR count). The number of anilines is 1. The van der Waals surface area contributed by atoms with Crippen LogP contribution < -0.4 is 5.32 Å². The number of pyridine rings is 1. The standard InChI is InChI=1S/C17H16N4O4S/c1-10-7-14(25-21-10)20-16(23)11(2)24-15(22)8-12-9-26-17(19-12)13-5-3-4-6-18-13/h3-7,9,11H,8H2,1-2H3,(H,20,23). The molecule has 134 valence electrons. The molecule has 26 heavy (non-hydrogen) atoms. The maximum absolute atomic E-state index is 12.0. The molecular weight excluding hydrogens is 356 g/mol. The molecule has 1 atom stereocenters. The van der Waals surface area contributed by atoms with Crippen molar-refractivity contribution in [3.8, 4) is 10.7 Å². The van der Waals surface area contributed by atoms with Crippen LogP contribution in [0.5, 0.6) is 0 Å². The molecule has 0 saturated heterocycles. The van der Waals surface area contributed by atoms with Gasteiger partial charge in [-0.25, -0.2) is 4.98 Å². The molecule has 1 N–H and O–H groups in total. The van der Waals surface area contributed by atoms with Gasteiger partial charge in [0.05, 0.1) is 23.5 Å². The summed E-state index contributed by atoms with van der Waals surface area (Å²) >= 11 is 1.39. The largest absolute Gasteiger partial charge is 0.452 e. The summed E-state index contributed by atoms with van der Waals surface area (Å²) < 4.78 is 10.0. The molecular formula is C17H16N4O4S. The number of carbonyl (C=O) groups excluding carboxylic acids is 2. The van der Waals surface area contributed by atoms with Crippen molar-refractivity contribution in [1.82, 2.24) is 15.1 Å². The van der Waals surface area contributed by atoms with Crippen LogP contribution in [0.15, 0.2) is 40.4 Å². The average Bonchev–Trinajstić information content (AvgIpc) is 3.24. The Hall–Kier alpha value is -3.07. The second-order valence-electron chi connectivity index (χ2n) is 5.49. The number of rotatable bonds is 6. The Balaban J connectivity index is 1.53. The van der Waals surface area contributed by atoms with Gasteiger partial charge in [-0.15, -0.1) is 11.3 Å². The zero-order chi connectivity index (χ0) is 18.5. The Morgan fingerprint density at radius 1 is 1.38 bits per heavy atom. The van der Waals surface area contributed by atoms with Crippen LogP contribution in [0.2, 0.25) is 0 Å². The number of aromatic nitrogens is 3. The van der Waals surface area contributed by atoms with Crippen molar-refractivity contribution in [3.63, 3.8) is 0 Å². The normalized spacial score (nSPS) is 11.8. The van der Waals surface area contributed by atoms with Gasteiger partial charge in [-0.2, -0.15) is 0 Å². The molecule has 3 heterocycles. The third-order valence-electron chi connectivity index (χ3n) is 3.31. The fraction of sp³-hybridized carbons (Fsp3) is 0.235. The number of hydrogen-bond acceptors (Lipinski definition) is 8. The molecule has 1 unspecified atom stereocenters. The zero-order valence-corrected chi connectivity index (χ0v) is 14.9. The summed E-state index contributed by atoms with van der Waals surface area (Å²) in [6, 6.07) is 7.11. The smallest absolute Gasteiger partial charge is 0.312 e. The van der Waals surface area contributed by atoms with E-state index in [4.69, 9.17) is 9.26 Å². The molecule has 3 aromatic rings. The SMILES string of the molecule is Cc1cc(NC(=O)C(C)OC(=O)Cc2csc(-c3ccccn3)n2)on1. The van der Waals surface area contributed by atoms with Crippen LogP contribution in [-0.4, -0.2) is 33.1 Å². The Bertz CT molecular complexity index is 906. The molecule has 9 heteroatoms. The van der Waals surface area contributed by atoms with Gasteiger partial charge in [0.2, 0.25) is 5.88 Å². The molecule has 8 nitrogen and oxygen atoms in total. The molecule has 0 aromatic carbocycles. The zero-order valence-electron chi connectivity index (χ0n) is 14.1. The van der Waals surface area contributed by atoms with E-state index in [1.165, 1.54) is 18.3 Å². The van der Waals surface area contributed by atoms with Crippen molar-refractivity contribution in [2.45, 2.75) is 26.4 Å². The van der Waals surface area contributed by atoms with Gasteiger partial charge in [0.1, 0.15) is 5.01 Å². The van der Waals surface area contributed by atoms with E-state index in [-0.39, 0.29) is 12.3 Å². The predicted octanol–water partition coefficient (Wildman–Crippen LogP) is 2.61. The lowest BCUT2D eigenvalue weighted by molar-refractivity contribution is -0.152. The maximum atomic E-state index is 12.0. The third kappa shape index (κ3) is 4.51. The molecule has 0 spiro atoms. The highest BCUT2D eigenvalue weighted by molar-refractivity contribution is 7.13. The lowest BCUT2D eigenvalue weighted by Gasteiger charge is -2.11. The van der Waals surface area contributed by atoms with Crippen LogP contribution in [0.1, 0.15) is 18.3 Å². The Morgan fingerprint density at radius 2 is 2.23 bits per heavy atom. The van der Waals surface area contributed by atoms with Gasteiger partial charge >= 0.3 is 5.97 Å². The van der Waals surface area contributed by atoms with Gasteiger partial charge in [0, 0.05) is 17.6 Å². The minimum atomic E-state index is -0.971. The van der Waals surface area contributed by atoms with Crippen molar-refractivity contribution in [2.75, 3.05) is 5.32 Å². The summed E-state index contributed by atoms with van der Waals surface area (Å²) in [5, 5.41) is 8.65. The minimum Gasteiger partial charge on any atom is -0.452 e. The maximum Gasteiger partial charge on any atom is 0.312 e. The Labute approximate surface area is 153 Å². The van der Waals surface area contributed by atoms with Crippen LogP contribution in [0, 0.1) is 6.92 Å². The van der Waals surface area contributed by atoms with E-state index in [1.807, 2.05) is 18.2 Å². The number of carbonyl (C=O) groups is 2. The summed E-state index contributed by atoms with van der Waals surface area (Å²) in [6.07, 6.45) is 0.686. The van der Waals surface area contributed by atoms with Crippen molar-refractivity contribution in [2.24, 2.45) is 0 Å². The monoisotopic (exact) mass is 372 g/mol. The van der Waals surface area contributed by atoms with Gasteiger partial charge in [-0.3, -0.25) is 19.9 Å². The lowest BCUT2D eigenvalue weighted by Crippen LogP contribution is -2.30. The fourth-order valence-electron chi connectivity index (χ4n) is 2.08. The van der Waals surface area contributed by atoms with Gasteiger partial charge in [0.15, 0.2) is 6.10 Å². The molecule has 0 fully saturated rings. The summed E-state index contributed by atoms with van der Waals surface area (Å²) in [5.74, 6) is -0.837. The predicted molar refractivity (Wildman–Crippen MR) is 94.5 cm³/mol. The number of nitrogens with zero attached hydrogens (tertiary/aromatic N) is 3. The molecule has 0 aliphatic heterocycles. The van der Waals surface area contributed by atoms with E-state index >= 15 is 0 Å². The van der Waals surface area contributed by atoms with Gasteiger partial charge in [-0.1, -0.05) is 11.2 Å². The summed E-state index contributed by atoms with van der Waals surface area (Å²) in [5.41, 5.74) is 1.95. The molecule has 0 aliphatic rings. The van der Waals surface area contributed by atoms with E-state index in [0.717, 1.165) is 10.7 Å². The first-order valence-electron chi connectivity index (χ1n) is 7.81. The van der Waals surface area contributed by atoms with Crippen molar-refractivity contribution < 1.29 is 18.8 Å². The van der Waals surface area contributed by atoms with E-state index < -0.39 is 18.0 Å². The molecule has 0 saturated carbocycles. The van der Waals surface area contributed by atoms with Crippen LogP contribution in [-0.2, 0) is 20.7 Å². The number of hydrogen-bond donors (Lipinski definition) is 1. The van der Waals surface area contributed by atoms with Crippen LogP contribution >= 0.6 is 11.3 Å².